The summed E-state index contributed by atoms with van der Waals surface area (Å²) in [6, 6.07) is 21.5. The summed E-state index contributed by atoms with van der Waals surface area (Å²) >= 11 is 0. The Morgan fingerprint density at radius 2 is 1.80 bits per heavy atom. The van der Waals surface area contributed by atoms with Crippen molar-refractivity contribution in [1.29, 1.82) is 0 Å². The van der Waals surface area contributed by atoms with E-state index in [0.717, 1.165) is 28.3 Å². The minimum Gasteiger partial charge on any atom is -0.328 e. The molecule has 1 saturated heterocycles. The van der Waals surface area contributed by atoms with Crippen molar-refractivity contribution < 1.29 is 9.18 Å². The fraction of sp³-hybridized carbons (Fsp3) is 0.406. The van der Waals surface area contributed by atoms with Crippen LogP contribution in [0.15, 0.2) is 72.9 Å². The second kappa shape index (κ2) is 11.0. The molecule has 1 fully saturated rings. The van der Waals surface area contributed by atoms with Gasteiger partial charge in [0.2, 0.25) is 0 Å². The fourth-order valence-corrected chi connectivity index (χ4v) is 5.54. The van der Waals surface area contributed by atoms with E-state index in [2.05, 4.69) is 47.9 Å². The van der Waals surface area contributed by atoms with Crippen molar-refractivity contribution in [1.82, 2.24) is 29.5 Å². The van der Waals surface area contributed by atoms with Gasteiger partial charge in [0.1, 0.15) is 11.5 Å². The molecule has 8 heteroatoms. The van der Waals surface area contributed by atoms with E-state index in [-0.39, 0.29) is 19.0 Å². The lowest BCUT2D eigenvalue weighted by atomic mass is 9.83. The smallest absolute Gasteiger partial charge is 0.275 e. The largest absolute Gasteiger partial charge is 0.328 e. The Morgan fingerprint density at radius 3 is 2.38 bits per heavy atom. The van der Waals surface area contributed by atoms with Gasteiger partial charge in [-0.15, -0.1) is 0 Å². The number of nitrogens with one attached hydrogen (secondary N) is 1. The van der Waals surface area contributed by atoms with Crippen molar-refractivity contribution in [2.75, 3.05) is 19.6 Å². The molecule has 2 atom stereocenters. The molecule has 0 saturated carbocycles. The second-order valence-electron chi connectivity index (χ2n) is 12.0. The highest BCUT2D eigenvalue weighted by Crippen LogP contribution is 2.41. The minimum absolute atomic E-state index is 0.0464. The molecule has 1 unspecified atom stereocenters. The molecule has 0 spiro atoms. The summed E-state index contributed by atoms with van der Waals surface area (Å²) in [6.07, 6.45) is 2.40. The summed E-state index contributed by atoms with van der Waals surface area (Å²) < 4.78 is 20.0. The Labute approximate surface area is 236 Å². The zero-order valence-electron chi connectivity index (χ0n) is 24.1. The Balaban J connectivity index is 1.66. The third kappa shape index (κ3) is 5.87. The first-order valence-corrected chi connectivity index (χ1v) is 13.9. The van der Waals surface area contributed by atoms with Gasteiger partial charge in [-0.2, -0.15) is 5.10 Å². The maximum Gasteiger partial charge on any atom is 0.275 e. The number of alkyl halides is 1. The zero-order valence-corrected chi connectivity index (χ0v) is 24.1. The van der Waals surface area contributed by atoms with Crippen LogP contribution in [0.4, 0.5) is 4.39 Å². The number of benzene rings is 2. The summed E-state index contributed by atoms with van der Waals surface area (Å²) in [5.74, 6) is 0.439. The normalized spacial score (nSPS) is 18.1. The lowest BCUT2D eigenvalue weighted by molar-refractivity contribution is 0.0236. The van der Waals surface area contributed by atoms with Crippen molar-refractivity contribution in [2.45, 2.75) is 52.4 Å². The molecule has 7 nitrogen and oxygen atoms in total. The van der Waals surface area contributed by atoms with Crippen LogP contribution < -0.4 is 5.32 Å². The standard InChI is InChI=1S/C32H39FN6O/c1-23-18-26(36-37(23)5)30(40)39(22-32(33)16-17-34-21-32)28(31(2,3)4)29-35-27(25-14-10-7-11-15-25)20-38(29)19-24-12-8-6-9-13-24/h6-15,18,20,28,34H,16-17,19,21-22H2,1-5H3/t28-,32?/m0/s1. The number of amides is 1. The molecule has 1 amide bonds. The Bertz CT molecular complexity index is 1430. The molecule has 40 heavy (non-hydrogen) atoms. The number of halogens is 1. The number of rotatable bonds is 8. The molecule has 2 aromatic heterocycles. The zero-order chi connectivity index (χ0) is 28.5. The molecule has 0 bridgehead atoms. The van der Waals surface area contributed by atoms with Crippen LogP contribution >= 0.6 is 0 Å². The van der Waals surface area contributed by atoms with Crippen LogP contribution in [0.25, 0.3) is 11.3 Å². The lowest BCUT2D eigenvalue weighted by Gasteiger charge is -2.41. The number of hydrogen-bond donors (Lipinski definition) is 1. The number of carbonyl (C=O) groups excluding carboxylic acids is 1. The Morgan fingerprint density at radius 1 is 1.12 bits per heavy atom. The highest BCUT2D eigenvalue weighted by molar-refractivity contribution is 5.93. The summed E-state index contributed by atoms with van der Waals surface area (Å²) in [7, 11) is 1.81. The van der Waals surface area contributed by atoms with Crippen LogP contribution in [0.1, 0.15) is 60.8 Å². The first-order chi connectivity index (χ1) is 19.0. The lowest BCUT2D eigenvalue weighted by Crippen LogP contribution is -2.50. The molecule has 3 heterocycles. The van der Waals surface area contributed by atoms with Gasteiger partial charge in [0, 0.05) is 37.6 Å². The molecule has 1 aliphatic heterocycles. The number of aromatic nitrogens is 4. The summed E-state index contributed by atoms with van der Waals surface area (Å²) in [5, 5.41) is 7.63. The van der Waals surface area contributed by atoms with Crippen molar-refractivity contribution in [3.05, 3.63) is 95.7 Å². The summed E-state index contributed by atoms with van der Waals surface area (Å²) in [4.78, 5) is 21.1. The van der Waals surface area contributed by atoms with Gasteiger partial charge in [-0.05, 0) is 36.9 Å². The van der Waals surface area contributed by atoms with E-state index < -0.39 is 17.1 Å². The highest BCUT2D eigenvalue weighted by Gasteiger charge is 2.45. The van der Waals surface area contributed by atoms with Gasteiger partial charge in [-0.3, -0.25) is 9.48 Å². The van der Waals surface area contributed by atoms with Crippen molar-refractivity contribution >= 4 is 5.91 Å². The van der Waals surface area contributed by atoms with E-state index >= 15 is 4.39 Å². The van der Waals surface area contributed by atoms with Crippen LogP contribution in [-0.2, 0) is 13.6 Å². The maximum atomic E-state index is 16.2. The van der Waals surface area contributed by atoms with Gasteiger partial charge in [-0.25, -0.2) is 9.37 Å². The van der Waals surface area contributed by atoms with Crippen molar-refractivity contribution in [3.63, 3.8) is 0 Å². The third-order valence-corrected chi connectivity index (χ3v) is 7.69. The number of aryl methyl sites for hydroxylation is 2. The second-order valence-corrected chi connectivity index (χ2v) is 12.0. The Kier molecular flexibility index (Phi) is 7.64. The molecule has 1 aliphatic rings. The van der Waals surface area contributed by atoms with E-state index in [1.165, 1.54) is 0 Å². The average Bonchev–Trinajstić information content (AvgIpc) is 3.63. The number of carbonyl (C=O) groups is 1. The van der Waals surface area contributed by atoms with Crippen LogP contribution in [0.3, 0.4) is 0 Å². The predicted octanol–water partition coefficient (Wildman–Crippen LogP) is 5.57. The van der Waals surface area contributed by atoms with Gasteiger partial charge < -0.3 is 14.8 Å². The quantitative estimate of drug-likeness (QED) is 0.316. The molecule has 5 rings (SSSR count). The van der Waals surface area contributed by atoms with Crippen LogP contribution in [-0.4, -0.2) is 55.4 Å². The van der Waals surface area contributed by atoms with E-state index in [9.17, 15) is 4.79 Å². The van der Waals surface area contributed by atoms with E-state index in [1.54, 1.807) is 15.6 Å². The average molecular weight is 543 g/mol. The Hall–Kier alpha value is -3.78. The molecule has 4 aromatic rings. The summed E-state index contributed by atoms with van der Waals surface area (Å²) in [5.41, 5.74) is 2.10. The topological polar surface area (TPSA) is 68.0 Å². The number of imidazole rings is 1. The van der Waals surface area contributed by atoms with Gasteiger partial charge in [0.15, 0.2) is 5.69 Å². The molecule has 210 valence electrons. The summed E-state index contributed by atoms with van der Waals surface area (Å²) in [6.45, 7) is 9.50. The SMILES string of the molecule is Cc1cc(C(=O)N(CC2(F)CCNC2)[C@@H](c2nc(-c3ccccc3)cn2Cc2ccccc2)C(C)(C)C)nn1C. The van der Waals surface area contributed by atoms with Crippen molar-refractivity contribution in [3.8, 4) is 11.3 Å². The molecule has 0 radical (unpaired) electrons. The minimum atomic E-state index is -1.54. The molecule has 2 aromatic carbocycles. The fourth-order valence-electron chi connectivity index (χ4n) is 5.54. The first kappa shape index (κ1) is 27.8. The van der Waals surface area contributed by atoms with Crippen LogP contribution in [0.2, 0.25) is 0 Å². The van der Waals surface area contributed by atoms with Crippen molar-refractivity contribution in [2.24, 2.45) is 12.5 Å². The molecular formula is C32H39FN6O. The first-order valence-electron chi connectivity index (χ1n) is 13.9. The van der Waals surface area contributed by atoms with E-state index in [0.29, 0.717) is 25.2 Å². The van der Waals surface area contributed by atoms with Gasteiger partial charge in [0.25, 0.3) is 5.91 Å². The van der Waals surface area contributed by atoms with Gasteiger partial charge in [0.05, 0.1) is 18.3 Å². The van der Waals surface area contributed by atoms with E-state index in [4.69, 9.17) is 4.98 Å². The molecular weight excluding hydrogens is 503 g/mol. The monoisotopic (exact) mass is 542 g/mol. The number of nitrogens with zero attached hydrogens (tertiary/aromatic N) is 5. The predicted molar refractivity (Wildman–Crippen MR) is 156 cm³/mol. The molecule has 1 N–H and O–H groups in total. The number of hydrogen-bond acceptors (Lipinski definition) is 4. The molecule has 0 aliphatic carbocycles. The van der Waals surface area contributed by atoms with E-state index in [1.807, 2.05) is 68.7 Å². The highest BCUT2D eigenvalue weighted by atomic mass is 19.1. The van der Waals surface area contributed by atoms with Gasteiger partial charge in [-0.1, -0.05) is 81.4 Å². The maximum absolute atomic E-state index is 16.2. The van der Waals surface area contributed by atoms with Gasteiger partial charge >= 0.3 is 0 Å². The van der Waals surface area contributed by atoms with Crippen LogP contribution in [0.5, 0.6) is 0 Å². The third-order valence-electron chi connectivity index (χ3n) is 7.69. The van der Waals surface area contributed by atoms with Crippen LogP contribution in [0, 0.1) is 12.3 Å².